The Morgan fingerprint density at radius 3 is 1.77 bits per heavy atom. The molecule has 1 nitrogen and oxygen atoms in total. The Kier molecular flexibility index (Phi) is 5.39. The minimum absolute atomic E-state index is 0.968. The van der Waals surface area contributed by atoms with E-state index in [1.807, 2.05) is 0 Å². The topological polar surface area (TPSA) is 13.1 Å². The van der Waals surface area contributed by atoms with Gasteiger partial charge in [0.1, 0.15) is 11.3 Å². The SMILES string of the molecule is C1=Cc2c(oc3ccc(-c4c5ccccc5c(-c5ccc(-c6cccc7ccccc67)cc5)c5ccccc45)cc23)CC1. The zero-order valence-corrected chi connectivity index (χ0v) is 23.7. The van der Waals surface area contributed by atoms with Crippen molar-refractivity contribution in [2.75, 3.05) is 0 Å². The number of furan rings is 1. The highest BCUT2D eigenvalue weighted by atomic mass is 16.3. The lowest BCUT2D eigenvalue weighted by molar-refractivity contribution is 0.546. The van der Waals surface area contributed by atoms with Gasteiger partial charge in [-0.2, -0.15) is 0 Å². The van der Waals surface area contributed by atoms with Crippen LogP contribution in [0.15, 0.2) is 144 Å². The van der Waals surface area contributed by atoms with Gasteiger partial charge in [-0.1, -0.05) is 133 Å². The first-order chi connectivity index (χ1) is 21.3. The highest BCUT2D eigenvalue weighted by molar-refractivity contribution is 6.21. The molecule has 0 fully saturated rings. The van der Waals surface area contributed by atoms with E-state index >= 15 is 0 Å². The summed E-state index contributed by atoms with van der Waals surface area (Å²) in [6, 6.07) is 48.8. The molecule has 9 rings (SSSR count). The van der Waals surface area contributed by atoms with Crippen molar-refractivity contribution < 1.29 is 4.42 Å². The standard InChI is InChI=1S/C42H28O/c1-2-12-31-27(10-1)11-9-18-32(31)28-20-22-29(23-21-28)41-34-14-3-5-16-36(34)42(37-17-6-4-15-35(37)41)30-24-25-40-38(26-30)33-13-7-8-19-39(33)43-40/h1-7,9-18,20-26H,8,19H2. The average molecular weight is 549 g/mol. The van der Waals surface area contributed by atoms with Gasteiger partial charge in [0.05, 0.1) is 0 Å². The van der Waals surface area contributed by atoms with Crippen molar-refractivity contribution >= 4 is 49.4 Å². The van der Waals surface area contributed by atoms with Gasteiger partial charge in [-0.25, -0.2) is 0 Å². The lowest BCUT2D eigenvalue weighted by Crippen LogP contribution is -1.91. The molecule has 0 unspecified atom stereocenters. The molecule has 0 N–H and O–H groups in total. The maximum Gasteiger partial charge on any atom is 0.134 e. The molecule has 8 aromatic rings. The lowest BCUT2D eigenvalue weighted by atomic mass is 9.85. The fraction of sp³-hybridized carbons (Fsp3) is 0.0476. The number of aryl methyl sites for hydroxylation is 1. The van der Waals surface area contributed by atoms with Crippen LogP contribution in [-0.4, -0.2) is 0 Å². The van der Waals surface area contributed by atoms with Crippen LogP contribution in [0.2, 0.25) is 0 Å². The molecule has 0 spiro atoms. The monoisotopic (exact) mass is 548 g/mol. The molecule has 1 heterocycles. The van der Waals surface area contributed by atoms with E-state index in [-0.39, 0.29) is 0 Å². The number of hydrogen-bond donors (Lipinski definition) is 0. The molecule has 0 aliphatic heterocycles. The fourth-order valence-electron chi connectivity index (χ4n) is 7.15. The van der Waals surface area contributed by atoms with Crippen LogP contribution < -0.4 is 0 Å². The van der Waals surface area contributed by atoms with Crippen molar-refractivity contribution in [3.8, 4) is 33.4 Å². The molecule has 1 aliphatic rings. The van der Waals surface area contributed by atoms with Crippen molar-refractivity contribution in [1.29, 1.82) is 0 Å². The zero-order chi connectivity index (χ0) is 28.3. The van der Waals surface area contributed by atoms with Gasteiger partial charge < -0.3 is 4.42 Å². The normalized spacial score (nSPS) is 12.8. The molecule has 0 amide bonds. The summed E-state index contributed by atoms with van der Waals surface area (Å²) >= 11 is 0. The van der Waals surface area contributed by atoms with E-state index in [9.17, 15) is 0 Å². The van der Waals surface area contributed by atoms with Crippen molar-refractivity contribution in [3.63, 3.8) is 0 Å². The number of fused-ring (bicyclic) bond motifs is 6. The minimum Gasteiger partial charge on any atom is -0.460 e. The van der Waals surface area contributed by atoms with Crippen LogP contribution in [0, 0.1) is 0 Å². The van der Waals surface area contributed by atoms with Crippen LogP contribution in [-0.2, 0) is 6.42 Å². The Balaban J connectivity index is 1.26. The highest BCUT2D eigenvalue weighted by Crippen LogP contribution is 2.45. The summed E-state index contributed by atoms with van der Waals surface area (Å²) < 4.78 is 6.25. The summed E-state index contributed by atoms with van der Waals surface area (Å²) in [5.74, 6) is 1.10. The summed E-state index contributed by atoms with van der Waals surface area (Å²) in [7, 11) is 0. The molecule has 1 heteroatoms. The Morgan fingerprint density at radius 1 is 0.465 bits per heavy atom. The third-order valence-corrected chi connectivity index (χ3v) is 9.12. The summed E-state index contributed by atoms with van der Waals surface area (Å²) in [5, 5.41) is 8.81. The van der Waals surface area contributed by atoms with Gasteiger partial charge in [-0.05, 0) is 84.3 Å². The second-order valence-electron chi connectivity index (χ2n) is 11.5. The Morgan fingerprint density at radius 2 is 1.05 bits per heavy atom. The lowest BCUT2D eigenvalue weighted by Gasteiger charge is -2.18. The molecule has 0 radical (unpaired) electrons. The van der Waals surface area contributed by atoms with Crippen LogP contribution >= 0.6 is 0 Å². The third kappa shape index (κ3) is 3.78. The van der Waals surface area contributed by atoms with E-state index in [1.165, 1.54) is 76.6 Å². The molecule has 0 saturated carbocycles. The van der Waals surface area contributed by atoms with E-state index < -0.39 is 0 Å². The predicted octanol–water partition coefficient (Wildman–Crippen LogP) is 11.9. The molecule has 0 saturated heterocycles. The molecule has 43 heavy (non-hydrogen) atoms. The molecule has 202 valence electrons. The molecule has 1 aromatic heterocycles. The van der Waals surface area contributed by atoms with E-state index in [2.05, 4.69) is 146 Å². The molecular weight excluding hydrogens is 520 g/mol. The van der Waals surface area contributed by atoms with Crippen LogP contribution in [0.25, 0.3) is 82.7 Å². The van der Waals surface area contributed by atoms with Gasteiger partial charge in [0.25, 0.3) is 0 Å². The van der Waals surface area contributed by atoms with Crippen molar-refractivity contribution in [2.24, 2.45) is 0 Å². The predicted molar refractivity (Wildman–Crippen MR) is 182 cm³/mol. The molecule has 0 bridgehead atoms. The smallest absolute Gasteiger partial charge is 0.134 e. The van der Waals surface area contributed by atoms with Gasteiger partial charge in [-0.3, -0.25) is 0 Å². The van der Waals surface area contributed by atoms with Gasteiger partial charge in [0.2, 0.25) is 0 Å². The Labute approximate surface area is 250 Å². The first kappa shape index (κ1) is 24.2. The first-order valence-electron chi connectivity index (χ1n) is 15.1. The minimum atomic E-state index is 0.968. The van der Waals surface area contributed by atoms with Gasteiger partial charge in [0, 0.05) is 17.4 Å². The second kappa shape index (κ2) is 9.58. The maximum absolute atomic E-state index is 6.25. The molecule has 7 aromatic carbocycles. The van der Waals surface area contributed by atoms with Crippen molar-refractivity contribution in [2.45, 2.75) is 12.8 Å². The van der Waals surface area contributed by atoms with E-state index in [1.54, 1.807) is 0 Å². The van der Waals surface area contributed by atoms with Crippen LogP contribution in [0.4, 0.5) is 0 Å². The number of hydrogen-bond acceptors (Lipinski definition) is 1. The third-order valence-electron chi connectivity index (χ3n) is 9.12. The molecular formula is C42H28O. The second-order valence-corrected chi connectivity index (χ2v) is 11.5. The van der Waals surface area contributed by atoms with E-state index in [4.69, 9.17) is 4.42 Å². The van der Waals surface area contributed by atoms with E-state index in [0.717, 1.165) is 24.2 Å². The summed E-state index contributed by atoms with van der Waals surface area (Å²) in [6.07, 6.45) is 6.50. The average Bonchev–Trinajstić information content (AvgIpc) is 3.45. The number of rotatable bonds is 3. The van der Waals surface area contributed by atoms with Crippen LogP contribution in [0.1, 0.15) is 17.7 Å². The van der Waals surface area contributed by atoms with E-state index in [0.29, 0.717) is 0 Å². The van der Waals surface area contributed by atoms with Crippen molar-refractivity contribution in [1.82, 2.24) is 0 Å². The number of benzene rings is 7. The summed E-state index contributed by atoms with van der Waals surface area (Å²) in [6.45, 7) is 0. The molecule has 0 atom stereocenters. The quantitative estimate of drug-likeness (QED) is 0.200. The highest BCUT2D eigenvalue weighted by Gasteiger charge is 2.19. The van der Waals surface area contributed by atoms with Crippen molar-refractivity contribution in [3.05, 3.63) is 151 Å². The van der Waals surface area contributed by atoms with Gasteiger partial charge in [0.15, 0.2) is 0 Å². The summed E-state index contributed by atoms with van der Waals surface area (Å²) in [5.41, 5.74) is 9.71. The maximum atomic E-state index is 6.25. The first-order valence-corrected chi connectivity index (χ1v) is 15.1. The summed E-state index contributed by atoms with van der Waals surface area (Å²) in [4.78, 5) is 0. The van der Waals surface area contributed by atoms with Crippen LogP contribution in [0.3, 0.4) is 0 Å². The largest absolute Gasteiger partial charge is 0.460 e. The van der Waals surface area contributed by atoms with Gasteiger partial charge >= 0.3 is 0 Å². The Bertz CT molecular complexity index is 2320. The zero-order valence-electron chi connectivity index (χ0n) is 23.7. The van der Waals surface area contributed by atoms with Crippen LogP contribution in [0.5, 0.6) is 0 Å². The molecule has 1 aliphatic carbocycles. The van der Waals surface area contributed by atoms with Gasteiger partial charge in [-0.15, -0.1) is 0 Å². The fourth-order valence-corrected chi connectivity index (χ4v) is 7.15. The Hall–Kier alpha value is -5.40. The number of allylic oxidation sites excluding steroid dienone is 1.